The highest BCUT2D eigenvalue weighted by atomic mass is 35.5. The van der Waals surface area contributed by atoms with Crippen molar-refractivity contribution in [3.8, 4) is 11.5 Å². The predicted octanol–water partition coefficient (Wildman–Crippen LogP) is 6.28. The zero-order valence-electron chi connectivity index (χ0n) is 18.6. The third-order valence-corrected chi connectivity index (χ3v) is 6.08. The molecule has 0 aliphatic rings. The Labute approximate surface area is 206 Å². The van der Waals surface area contributed by atoms with Crippen molar-refractivity contribution >= 4 is 57.3 Å². The lowest BCUT2D eigenvalue weighted by molar-refractivity contribution is -0.111. The monoisotopic (exact) mass is 496 g/mol. The van der Waals surface area contributed by atoms with Gasteiger partial charge in [0.15, 0.2) is 0 Å². The maximum absolute atomic E-state index is 11.7. The van der Waals surface area contributed by atoms with Crippen molar-refractivity contribution in [2.45, 2.75) is 6.54 Å². The van der Waals surface area contributed by atoms with E-state index >= 15 is 0 Å². The molecule has 0 unspecified atom stereocenters. The number of halogens is 2. The molecule has 34 heavy (non-hydrogen) atoms. The number of aromatic nitrogens is 2. The SMILES string of the molecule is C=CC(=O)Nc1ccccc1Nc1ccc2c(ccn2Cc2c(Cl)c(OC)cc(OC)c2Cl)n1. The third kappa shape index (κ3) is 4.66. The number of fused-ring (bicyclic) bond motifs is 1. The van der Waals surface area contributed by atoms with Crippen LogP contribution in [-0.2, 0) is 11.3 Å². The maximum atomic E-state index is 11.7. The highest BCUT2D eigenvalue weighted by molar-refractivity contribution is 6.37. The topological polar surface area (TPSA) is 77.4 Å². The highest BCUT2D eigenvalue weighted by Crippen LogP contribution is 2.41. The number of nitrogens with zero attached hydrogens (tertiary/aromatic N) is 2. The van der Waals surface area contributed by atoms with E-state index in [-0.39, 0.29) is 5.91 Å². The van der Waals surface area contributed by atoms with Gasteiger partial charge in [0.25, 0.3) is 0 Å². The van der Waals surface area contributed by atoms with E-state index in [1.807, 2.05) is 47.2 Å². The van der Waals surface area contributed by atoms with Crippen LogP contribution < -0.4 is 20.1 Å². The second-order valence-corrected chi connectivity index (χ2v) is 8.05. The summed E-state index contributed by atoms with van der Waals surface area (Å²) in [6, 6.07) is 14.8. The van der Waals surface area contributed by atoms with Gasteiger partial charge >= 0.3 is 0 Å². The van der Waals surface area contributed by atoms with Gasteiger partial charge in [0.2, 0.25) is 5.91 Å². The van der Waals surface area contributed by atoms with E-state index in [4.69, 9.17) is 37.7 Å². The van der Waals surface area contributed by atoms with E-state index in [0.717, 1.165) is 11.0 Å². The summed E-state index contributed by atoms with van der Waals surface area (Å²) in [5, 5.41) is 6.90. The lowest BCUT2D eigenvalue weighted by Gasteiger charge is -2.16. The van der Waals surface area contributed by atoms with E-state index in [2.05, 4.69) is 17.2 Å². The van der Waals surface area contributed by atoms with Gasteiger partial charge in [-0.25, -0.2) is 4.98 Å². The second kappa shape index (κ2) is 10.1. The highest BCUT2D eigenvalue weighted by Gasteiger charge is 2.18. The molecule has 4 aromatic rings. The number of carbonyl (C=O) groups excluding carboxylic acids is 1. The smallest absolute Gasteiger partial charge is 0.247 e. The molecular weight excluding hydrogens is 475 g/mol. The zero-order valence-corrected chi connectivity index (χ0v) is 20.1. The van der Waals surface area contributed by atoms with Crippen molar-refractivity contribution in [2.24, 2.45) is 0 Å². The fourth-order valence-electron chi connectivity index (χ4n) is 3.55. The number of anilines is 3. The number of methoxy groups -OCH3 is 2. The summed E-state index contributed by atoms with van der Waals surface area (Å²) < 4.78 is 12.7. The van der Waals surface area contributed by atoms with Crippen LogP contribution in [0, 0.1) is 0 Å². The summed E-state index contributed by atoms with van der Waals surface area (Å²) in [5.74, 6) is 1.31. The lowest BCUT2D eigenvalue weighted by Crippen LogP contribution is -2.09. The number of rotatable bonds is 8. The van der Waals surface area contributed by atoms with Gasteiger partial charge in [-0.05, 0) is 36.4 Å². The number of carbonyl (C=O) groups is 1. The Morgan fingerprint density at radius 2 is 1.74 bits per heavy atom. The minimum absolute atomic E-state index is 0.291. The Kier molecular flexibility index (Phi) is 6.95. The molecule has 0 aliphatic carbocycles. The summed E-state index contributed by atoms with van der Waals surface area (Å²) in [6.07, 6.45) is 3.14. The molecular formula is C25H22Cl2N4O3. The fraction of sp³-hybridized carbons (Fsp3) is 0.120. The molecule has 9 heteroatoms. The summed E-state index contributed by atoms with van der Waals surface area (Å²) in [5.41, 5.74) is 3.70. The molecule has 2 heterocycles. The summed E-state index contributed by atoms with van der Waals surface area (Å²) in [6.45, 7) is 3.89. The molecule has 0 radical (unpaired) electrons. The molecule has 2 aromatic carbocycles. The first-order valence-corrected chi connectivity index (χ1v) is 11.0. The molecule has 0 saturated carbocycles. The van der Waals surface area contributed by atoms with Gasteiger partial charge in [0.05, 0.1) is 53.2 Å². The Morgan fingerprint density at radius 3 is 2.38 bits per heavy atom. The van der Waals surface area contributed by atoms with Crippen LogP contribution in [0.5, 0.6) is 11.5 Å². The quantitative estimate of drug-likeness (QED) is 0.281. The van der Waals surface area contributed by atoms with Gasteiger partial charge in [-0.2, -0.15) is 0 Å². The largest absolute Gasteiger partial charge is 0.495 e. The van der Waals surface area contributed by atoms with Gasteiger partial charge in [-0.1, -0.05) is 41.9 Å². The van der Waals surface area contributed by atoms with E-state index in [9.17, 15) is 4.79 Å². The third-order valence-electron chi connectivity index (χ3n) is 5.25. The lowest BCUT2D eigenvalue weighted by atomic mass is 10.2. The number of hydrogen-bond acceptors (Lipinski definition) is 5. The number of para-hydroxylation sites is 2. The summed E-state index contributed by atoms with van der Waals surface area (Å²) in [7, 11) is 3.09. The van der Waals surface area contributed by atoms with Gasteiger partial charge in [-0.3, -0.25) is 4.79 Å². The Balaban J connectivity index is 1.64. The van der Waals surface area contributed by atoms with E-state index < -0.39 is 0 Å². The van der Waals surface area contributed by atoms with Gasteiger partial charge in [0, 0.05) is 17.8 Å². The van der Waals surface area contributed by atoms with Gasteiger partial charge < -0.3 is 24.7 Å². The first-order chi connectivity index (χ1) is 16.4. The molecule has 174 valence electrons. The van der Waals surface area contributed by atoms with Crippen molar-refractivity contribution in [3.05, 3.63) is 83.0 Å². The summed E-state index contributed by atoms with van der Waals surface area (Å²) in [4.78, 5) is 16.4. The van der Waals surface area contributed by atoms with Crippen LogP contribution in [0.4, 0.5) is 17.2 Å². The van der Waals surface area contributed by atoms with E-state index in [1.165, 1.54) is 6.08 Å². The molecule has 2 aromatic heterocycles. The Hall–Kier alpha value is -3.68. The molecule has 4 rings (SSSR count). The average molecular weight is 497 g/mol. The van der Waals surface area contributed by atoms with Crippen molar-refractivity contribution in [2.75, 3.05) is 24.9 Å². The van der Waals surface area contributed by atoms with Crippen LogP contribution in [0.3, 0.4) is 0 Å². The van der Waals surface area contributed by atoms with Crippen LogP contribution in [0.15, 0.2) is 67.4 Å². The van der Waals surface area contributed by atoms with Crippen molar-refractivity contribution in [3.63, 3.8) is 0 Å². The standard InChI is InChI=1S/C25H22Cl2N4O3/c1-4-23(32)30-17-8-6-5-7-16(17)28-22-10-9-19-18(29-22)11-12-31(19)14-15-24(26)20(33-2)13-21(34-3)25(15)27/h4-13H,1,14H2,2-3H3,(H,28,29)(H,30,32). The fourth-order valence-corrected chi connectivity index (χ4v) is 4.17. The molecule has 0 fully saturated rings. The molecule has 1 amide bonds. The van der Waals surface area contributed by atoms with Crippen molar-refractivity contribution in [1.82, 2.24) is 9.55 Å². The predicted molar refractivity (Wildman–Crippen MR) is 137 cm³/mol. The van der Waals surface area contributed by atoms with Crippen molar-refractivity contribution < 1.29 is 14.3 Å². The van der Waals surface area contributed by atoms with Crippen LogP contribution >= 0.6 is 23.2 Å². The van der Waals surface area contributed by atoms with Crippen LogP contribution in [-0.4, -0.2) is 29.7 Å². The number of ether oxygens (including phenoxy) is 2. The zero-order chi connectivity index (χ0) is 24.2. The van der Waals surface area contributed by atoms with E-state index in [0.29, 0.717) is 50.8 Å². The molecule has 7 nitrogen and oxygen atoms in total. The first-order valence-electron chi connectivity index (χ1n) is 10.3. The Morgan fingerprint density at radius 1 is 1.06 bits per heavy atom. The number of pyridine rings is 1. The number of benzene rings is 2. The number of amides is 1. The number of hydrogen-bond donors (Lipinski definition) is 2. The molecule has 2 N–H and O–H groups in total. The van der Waals surface area contributed by atoms with Gasteiger partial charge in [-0.15, -0.1) is 0 Å². The normalized spacial score (nSPS) is 10.7. The molecule has 0 bridgehead atoms. The molecule has 0 spiro atoms. The second-order valence-electron chi connectivity index (χ2n) is 7.30. The first kappa shape index (κ1) is 23.5. The van der Waals surface area contributed by atoms with E-state index in [1.54, 1.807) is 26.4 Å². The minimum Gasteiger partial charge on any atom is -0.495 e. The Bertz CT molecular complexity index is 1360. The summed E-state index contributed by atoms with van der Waals surface area (Å²) >= 11 is 13.1. The van der Waals surface area contributed by atoms with Crippen molar-refractivity contribution in [1.29, 1.82) is 0 Å². The van der Waals surface area contributed by atoms with Crippen LogP contribution in [0.2, 0.25) is 10.0 Å². The van der Waals surface area contributed by atoms with Crippen LogP contribution in [0.25, 0.3) is 11.0 Å². The molecule has 0 aliphatic heterocycles. The minimum atomic E-state index is -0.291. The molecule has 0 atom stereocenters. The number of nitrogens with one attached hydrogen (secondary N) is 2. The van der Waals surface area contributed by atoms with Gasteiger partial charge in [0.1, 0.15) is 17.3 Å². The average Bonchev–Trinajstić information content (AvgIpc) is 3.25. The van der Waals surface area contributed by atoms with Crippen LogP contribution in [0.1, 0.15) is 5.56 Å². The maximum Gasteiger partial charge on any atom is 0.247 e. The molecule has 0 saturated heterocycles.